The number of aliphatic hydroxyl groups excluding tert-OH is 1. The Morgan fingerprint density at radius 2 is 1.54 bits per heavy atom. The molecule has 0 bridgehead atoms. The molecular weight excluding hydrogens is 328 g/mol. The summed E-state index contributed by atoms with van der Waals surface area (Å²) in [6.45, 7) is 2.67. The average molecular weight is 350 g/mol. The minimum atomic E-state index is -3.61. The molecule has 2 aromatic carbocycles. The molecule has 0 saturated carbocycles. The molecule has 0 aliphatic heterocycles. The molecule has 2 aromatic rings. The standard InChI is InChI=1S/C18H22O5S/c1-14(13-19)3-2-12-23-16-6-10-18(11-7-16)24(21,22)17-8-4-15(20)5-9-17/h4-11,14,19-20H,2-3,12-13H2,1H3. The smallest absolute Gasteiger partial charge is 0.206 e. The predicted molar refractivity (Wildman–Crippen MR) is 91.0 cm³/mol. The Labute approximate surface area is 142 Å². The summed E-state index contributed by atoms with van der Waals surface area (Å²) < 4.78 is 30.5. The van der Waals surface area contributed by atoms with Crippen molar-refractivity contribution in [2.75, 3.05) is 13.2 Å². The third-order valence-electron chi connectivity index (χ3n) is 3.70. The lowest BCUT2D eigenvalue weighted by Crippen LogP contribution is -2.05. The van der Waals surface area contributed by atoms with Crippen LogP contribution in [0.4, 0.5) is 0 Å². The van der Waals surface area contributed by atoms with Gasteiger partial charge in [-0.05, 0) is 67.3 Å². The maximum absolute atomic E-state index is 12.5. The van der Waals surface area contributed by atoms with E-state index in [2.05, 4.69) is 0 Å². The highest BCUT2D eigenvalue weighted by Crippen LogP contribution is 2.24. The highest BCUT2D eigenvalue weighted by atomic mass is 32.2. The number of phenolic OH excluding ortho intramolecular Hbond substituents is 1. The predicted octanol–water partition coefficient (Wildman–Crippen LogP) is 3.01. The lowest BCUT2D eigenvalue weighted by atomic mass is 10.1. The van der Waals surface area contributed by atoms with E-state index in [1.807, 2.05) is 6.92 Å². The van der Waals surface area contributed by atoms with Crippen molar-refractivity contribution in [2.45, 2.75) is 29.6 Å². The zero-order valence-electron chi connectivity index (χ0n) is 13.6. The van der Waals surface area contributed by atoms with Gasteiger partial charge in [-0.3, -0.25) is 0 Å². The van der Waals surface area contributed by atoms with Crippen LogP contribution in [0.5, 0.6) is 11.5 Å². The van der Waals surface area contributed by atoms with Crippen LogP contribution in [0.25, 0.3) is 0 Å². The van der Waals surface area contributed by atoms with Gasteiger partial charge in [0.25, 0.3) is 0 Å². The third-order valence-corrected chi connectivity index (χ3v) is 5.49. The van der Waals surface area contributed by atoms with E-state index in [1.54, 1.807) is 12.1 Å². The van der Waals surface area contributed by atoms with Crippen molar-refractivity contribution >= 4 is 9.84 Å². The molecule has 2 N–H and O–H groups in total. The molecule has 0 spiro atoms. The van der Waals surface area contributed by atoms with Crippen molar-refractivity contribution in [2.24, 2.45) is 5.92 Å². The molecule has 6 heteroatoms. The molecule has 0 fully saturated rings. The molecule has 1 unspecified atom stereocenters. The summed E-state index contributed by atoms with van der Waals surface area (Å²) in [5.74, 6) is 0.885. The first-order valence-electron chi connectivity index (χ1n) is 7.81. The van der Waals surface area contributed by atoms with E-state index in [-0.39, 0.29) is 28.1 Å². The molecule has 0 saturated heterocycles. The zero-order valence-corrected chi connectivity index (χ0v) is 14.4. The monoisotopic (exact) mass is 350 g/mol. The Hall–Kier alpha value is -2.05. The van der Waals surface area contributed by atoms with Crippen molar-refractivity contribution in [3.05, 3.63) is 48.5 Å². The third kappa shape index (κ3) is 4.72. The van der Waals surface area contributed by atoms with Crippen LogP contribution in [0.3, 0.4) is 0 Å². The van der Waals surface area contributed by atoms with Gasteiger partial charge in [0.15, 0.2) is 0 Å². The topological polar surface area (TPSA) is 83.8 Å². The fourth-order valence-electron chi connectivity index (χ4n) is 2.19. The summed E-state index contributed by atoms with van der Waals surface area (Å²) in [4.78, 5) is 0.307. The van der Waals surface area contributed by atoms with Gasteiger partial charge in [0.1, 0.15) is 11.5 Å². The van der Waals surface area contributed by atoms with Crippen LogP contribution in [0, 0.1) is 5.92 Å². The van der Waals surface area contributed by atoms with Crippen LogP contribution in [0.15, 0.2) is 58.3 Å². The number of phenols is 1. The van der Waals surface area contributed by atoms with Gasteiger partial charge in [0, 0.05) is 6.61 Å². The van der Waals surface area contributed by atoms with Gasteiger partial charge in [-0.25, -0.2) is 8.42 Å². The van der Waals surface area contributed by atoms with Gasteiger partial charge < -0.3 is 14.9 Å². The largest absolute Gasteiger partial charge is 0.508 e. The van der Waals surface area contributed by atoms with Crippen molar-refractivity contribution in [1.82, 2.24) is 0 Å². The van der Waals surface area contributed by atoms with Crippen LogP contribution in [-0.2, 0) is 9.84 Å². The van der Waals surface area contributed by atoms with Gasteiger partial charge in [-0.15, -0.1) is 0 Å². The van der Waals surface area contributed by atoms with Gasteiger partial charge in [0.2, 0.25) is 9.84 Å². The fraction of sp³-hybridized carbons (Fsp3) is 0.333. The highest BCUT2D eigenvalue weighted by Gasteiger charge is 2.17. The van der Waals surface area contributed by atoms with Gasteiger partial charge in [-0.2, -0.15) is 0 Å². The minimum Gasteiger partial charge on any atom is -0.508 e. The van der Waals surface area contributed by atoms with Crippen LogP contribution in [-0.4, -0.2) is 31.8 Å². The van der Waals surface area contributed by atoms with E-state index in [4.69, 9.17) is 9.84 Å². The normalized spacial score (nSPS) is 12.8. The number of sulfone groups is 1. The molecule has 24 heavy (non-hydrogen) atoms. The quantitative estimate of drug-likeness (QED) is 0.715. The highest BCUT2D eigenvalue weighted by molar-refractivity contribution is 7.91. The molecule has 5 nitrogen and oxygen atoms in total. The number of hydrogen-bond acceptors (Lipinski definition) is 5. The first-order chi connectivity index (χ1) is 11.4. The van der Waals surface area contributed by atoms with E-state index in [0.717, 1.165) is 12.8 Å². The van der Waals surface area contributed by atoms with Crippen LogP contribution in [0.1, 0.15) is 19.8 Å². The summed E-state index contributed by atoms with van der Waals surface area (Å²) >= 11 is 0. The second kappa shape index (κ2) is 8.17. The lowest BCUT2D eigenvalue weighted by molar-refractivity contribution is 0.216. The first kappa shape index (κ1) is 18.3. The van der Waals surface area contributed by atoms with Crippen molar-refractivity contribution in [3.63, 3.8) is 0 Å². The minimum absolute atomic E-state index is 0.0215. The molecule has 1 atom stereocenters. The van der Waals surface area contributed by atoms with Crippen LogP contribution >= 0.6 is 0 Å². The fourth-order valence-corrected chi connectivity index (χ4v) is 3.45. The van der Waals surface area contributed by atoms with Gasteiger partial charge >= 0.3 is 0 Å². The Morgan fingerprint density at radius 1 is 1.00 bits per heavy atom. The number of aliphatic hydroxyl groups is 1. The summed E-state index contributed by atoms with van der Waals surface area (Å²) in [6, 6.07) is 11.7. The van der Waals surface area contributed by atoms with E-state index in [9.17, 15) is 13.5 Å². The Morgan fingerprint density at radius 3 is 2.08 bits per heavy atom. The molecule has 0 heterocycles. The summed E-state index contributed by atoms with van der Waals surface area (Å²) in [6.07, 6.45) is 1.71. The molecule has 0 aliphatic carbocycles. The molecule has 0 amide bonds. The van der Waals surface area contributed by atoms with E-state index >= 15 is 0 Å². The number of ether oxygens (including phenoxy) is 1. The zero-order chi connectivity index (χ0) is 17.6. The van der Waals surface area contributed by atoms with Gasteiger partial charge in [-0.1, -0.05) is 6.92 Å². The number of hydrogen-bond donors (Lipinski definition) is 2. The summed E-state index contributed by atoms with van der Waals surface area (Å²) in [7, 11) is -3.61. The van der Waals surface area contributed by atoms with E-state index < -0.39 is 9.84 Å². The summed E-state index contributed by atoms with van der Waals surface area (Å²) in [5.41, 5.74) is 0. The van der Waals surface area contributed by atoms with Crippen molar-refractivity contribution in [3.8, 4) is 11.5 Å². The maximum atomic E-state index is 12.5. The van der Waals surface area contributed by atoms with Crippen LogP contribution < -0.4 is 4.74 Å². The number of aromatic hydroxyl groups is 1. The molecule has 0 aliphatic rings. The van der Waals surface area contributed by atoms with Gasteiger partial charge in [0.05, 0.1) is 16.4 Å². The lowest BCUT2D eigenvalue weighted by Gasteiger charge is -2.10. The summed E-state index contributed by atoms with van der Waals surface area (Å²) in [5, 5.41) is 18.2. The maximum Gasteiger partial charge on any atom is 0.206 e. The second-order valence-corrected chi connectivity index (χ2v) is 7.70. The van der Waals surface area contributed by atoms with Crippen molar-refractivity contribution in [1.29, 1.82) is 0 Å². The Balaban J connectivity index is 1.99. The van der Waals surface area contributed by atoms with Crippen LogP contribution in [0.2, 0.25) is 0 Å². The molecule has 130 valence electrons. The Kier molecular flexibility index (Phi) is 6.23. The first-order valence-corrected chi connectivity index (χ1v) is 9.29. The SMILES string of the molecule is CC(CO)CCCOc1ccc(S(=O)(=O)c2ccc(O)cc2)cc1. The molecule has 2 rings (SSSR count). The molecular formula is C18H22O5S. The second-order valence-electron chi connectivity index (χ2n) is 5.75. The average Bonchev–Trinajstić information content (AvgIpc) is 2.59. The number of benzene rings is 2. The van der Waals surface area contributed by atoms with E-state index in [1.165, 1.54) is 36.4 Å². The van der Waals surface area contributed by atoms with E-state index in [0.29, 0.717) is 12.4 Å². The number of rotatable bonds is 8. The van der Waals surface area contributed by atoms with Crippen molar-refractivity contribution < 1.29 is 23.4 Å². The Bertz CT molecular complexity index is 736. The molecule has 0 radical (unpaired) electrons. The molecule has 0 aromatic heterocycles.